The fourth-order valence-corrected chi connectivity index (χ4v) is 5.31. The van der Waals surface area contributed by atoms with Crippen LogP contribution in [0.2, 0.25) is 5.02 Å². The molecule has 160 valence electrons. The lowest BCUT2D eigenvalue weighted by atomic mass is 10.2. The lowest BCUT2D eigenvalue weighted by Gasteiger charge is -2.08. The van der Waals surface area contributed by atoms with E-state index in [1.165, 1.54) is 23.5 Å². The Hall–Kier alpha value is -2.75. The number of hydrogen-bond acceptors (Lipinski definition) is 6. The summed E-state index contributed by atoms with van der Waals surface area (Å²) in [6.07, 6.45) is 0. The van der Waals surface area contributed by atoms with Crippen LogP contribution >= 0.6 is 22.9 Å². The number of amides is 1. The van der Waals surface area contributed by atoms with Crippen molar-refractivity contribution in [3.63, 3.8) is 0 Å². The van der Waals surface area contributed by atoms with Gasteiger partial charge < -0.3 is 5.32 Å². The highest BCUT2D eigenvalue weighted by Crippen LogP contribution is 2.34. The lowest BCUT2D eigenvalue weighted by Crippen LogP contribution is -2.16. The molecular formula is C21H19ClN4O3S2. The van der Waals surface area contributed by atoms with Crippen LogP contribution in [0, 0.1) is 13.8 Å². The van der Waals surface area contributed by atoms with E-state index in [4.69, 9.17) is 11.6 Å². The summed E-state index contributed by atoms with van der Waals surface area (Å²) in [6, 6.07) is 11.4. The normalized spacial score (nSPS) is 11.7. The number of carbonyl (C=O) groups excluding carboxylic acids is 1. The van der Waals surface area contributed by atoms with Crippen LogP contribution < -0.4 is 5.32 Å². The number of sulfone groups is 1. The summed E-state index contributed by atoms with van der Waals surface area (Å²) in [7, 11) is -3.42. The van der Waals surface area contributed by atoms with E-state index in [1.54, 1.807) is 29.8 Å². The number of nitrogens with one attached hydrogen (secondary N) is 1. The fourth-order valence-electron chi connectivity index (χ4n) is 3.10. The van der Waals surface area contributed by atoms with Gasteiger partial charge in [0.1, 0.15) is 5.82 Å². The number of thiazole rings is 1. The molecule has 4 aromatic rings. The van der Waals surface area contributed by atoms with Crippen molar-refractivity contribution >= 4 is 54.7 Å². The van der Waals surface area contributed by atoms with Crippen LogP contribution in [0.5, 0.6) is 0 Å². The maximum absolute atomic E-state index is 12.9. The Bertz CT molecular complexity index is 1380. The molecular weight excluding hydrogens is 456 g/mol. The number of benzene rings is 2. The molecule has 7 nitrogen and oxygen atoms in total. The molecule has 31 heavy (non-hydrogen) atoms. The van der Waals surface area contributed by atoms with E-state index in [0.717, 1.165) is 15.8 Å². The van der Waals surface area contributed by atoms with E-state index in [9.17, 15) is 13.2 Å². The fraction of sp³-hybridized carbons (Fsp3) is 0.190. The van der Waals surface area contributed by atoms with Crippen LogP contribution in [-0.4, -0.2) is 34.8 Å². The van der Waals surface area contributed by atoms with Gasteiger partial charge in [-0.05, 0) is 43.7 Å². The van der Waals surface area contributed by atoms with Crippen molar-refractivity contribution in [2.75, 3.05) is 11.1 Å². The van der Waals surface area contributed by atoms with Crippen LogP contribution in [0.15, 0.2) is 47.4 Å². The standard InChI is InChI=1S/C21H19ClN4O3S2/c1-4-31(28,29)15-7-5-6-14(11-15)20(27)23-17-10-13(3)25-26(17)21-24-18-12(2)8-9-16(22)19(18)30-21/h5-11H,4H2,1-3H3,(H,23,27). The highest BCUT2D eigenvalue weighted by atomic mass is 35.5. The number of carbonyl (C=O) groups is 1. The number of rotatable bonds is 5. The van der Waals surface area contributed by atoms with Gasteiger partial charge in [0, 0.05) is 11.6 Å². The number of fused-ring (bicyclic) bond motifs is 1. The number of halogens is 1. The molecule has 0 saturated carbocycles. The number of aromatic nitrogens is 3. The van der Waals surface area contributed by atoms with Crippen molar-refractivity contribution in [1.82, 2.24) is 14.8 Å². The van der Waals surface area contributed by atoms with Crippen molar-refractivity contribution in [2.24, 2.45) is 0 Å². The van der Waals surface area contributed by atoms with E-state index >= 15 is 0 Å². The molecule has 0 radical (unpaired) electrons. The van der Waals surface area contributed by atoms with E-state index in [0.29, 0.717) is 21.7 Å². The van der Waals surface area contributed by atoms with Crippen LogP contribution in [0.1, 0.15) is 28.5 Å². The molecule has 2 aromatic heterocycles. The van der Waals surface area contributed by atoms with Crippen molar-refractivity contribution in [3.05, 3.63) is 64.3 Å². The molecule has 10 heteroatoms. The Balaban J connectivity index is 1.71. The lowest BCUT2D eigenvalue weighted by molar-refractivity contribution is 0.102. The monoisotopic (exact) mass is 474 g/mol. The molecule has 0 fully saturated rings. The van der Waals surface area contributed by atoms with Gasteiger partial charge in [0.25, 0.3) is 5.91 Å². The first-order chi connectivity index (χ1) is 14.7. The summed E-state index contributed by atoms with van der Waals surface area (Å²) in [5.74, 6) is -0.0485. The summed E-state index contributed by atoms with van der Waals surface area (Å²) in [5.41, 5.74) is 2.71. The maximum atomic E-state index is 12.9. The van der Waals surface area contributed by atoms with Crippen molar-refractivity contribution < 1.29 is 13.2 Å². The van der Waals surface area contributed by atoms with Crippen LogP contribution in [0.4, 0.5) is 5.82 Å². The topological polar surface area (TPSA) is 94.0 Å². The predicted octanol–water partition coefficient (Wildman–Crippen LogP) is 4.80. The van der Waals surface area contributed by atoms with Gasteiger partial charge in [0.2, 0.25) is 5.13 Å². The average Bonchev–Trinajstić information content (AvgIpc) is 3.35. The van der Waals surface area contributed by atoms with Crippen LogP contribution in [0.3, 0.4) is 0 Å². The van der Waals surface area contributed by atoms with E-state index in [-0.39, 0.29) is 16.2 Å². The van der Waals surface area contributed by atoms with Gasteiger partial charge in [-0.25, -0.2) is 13.4 Å². The second kappa shape index (κ2) is 8.07. The molecule has 0 bridgehead atoms. The Kier molecular flexibility index (Phi) is 5.59. The summed E-state index contributed by atoms with van der Waals surface area (Å²) in [4.78, 5) is 17.6. The largest absolute Gasteiger partial charge is 0.306 e. The number of anilines is 1. The second-order valence-electron chi connectivity index (χ2n) is 7.01. The summed E-state index contributed by atoms with van der Waals surface area (Å²) in [5, 5.41) is 8.45. The second-order valence-corrected chi connectivity index (χ2v) is 10.7. The Morgan fingerprint density at radius 2 is 1.97 bits per heavy atom. The van der Waals surface area contributed by atoms with Gasteiger partial charge in [0.05, 0.1) is 31.6 Å². The minimum atomic E-state index is -3.42. The molecule has 2 aromatic carbocycles. The molecule has 0 aliphatic carbocycles. The van der Waals surface area contributed by atoms with Crippen LogP contribution in [0.25, 0.3) is 15.3 Å². The molecule has 4 rings (SSSR count). The van der Waals surface area contributed by atoms with Gasteiger partial charge >= 0.3 is 0 Å². The maximum Gasteiger partial charge on any atom is 0.256 e. The summed E-state index contributed by atoms with van der Waals surface area (Å²) < 4.78 is 26.7. The van der Waals surface area contributed by atoms with E-state index in [1.807, 2.05) is 26.0 Å². The Labute approximate surface area is 188 Å². The van der Waals surface area contributed by atoms with Crippen molar-refractivity contribution in [1.29, 1.82) is 0 Å². The summed E-state index contributed by atoms with van der Waals surface area (Å²) >= 11 is 7.70. The van der Waals surface area contributed by atoms with E-state index < -0.39 is 15.7 Å². The molecule has 1 amide bonds. The average molecular weight is 475 g/mol. The van der Waals surface area contributed by atoms with E-state index in [2.05, 4.69) is 15.4 Å². The Morgan fingerprint density at radius 3 is 2.68 bits per heavy atom. The van der Waals surface area contributed by atoms with Crippen LogP contribution in [-0.2, 0) is 9.84 Å². The zero-order valence-corrected chi connectivity index (χ0v) is 19.4. The zero-order chi connectivity index (χ0) is 22.3. The first kappa shape index (κ1) is 21.5. The quantitative estimate of drug-likeness (QED) is 0.448. The highest BCUT2D eigenvalue weighted by Gasteiger charge is 2.19. The minimum absolute atomic E-state index is 0.0381. The smallest absolute Gasteiger partial charge is 0.256 e. The van der Waals surface area contributed by atoms with Gasteiger partial charge in [-0.3, -0.25) is 4.79 Å². The third kappa shape index (κ3) is 4.08. The highest BCUT2D eigenvalue weighted by molar-refractivity contribution is 7.91. The molecule has 0 saturated heterocycles. The summed E-state index contributed by atoms with van der Waals surface area (Å²) in [6.45, 7) is 5.33. The van der Waals surface area contributed by atoms with Crippen molar-refractivity contribution in [3.8, 4) is 5.13 Å². The van der Waals surface area contributed by atoms with Gasteiger partial charge in [-0.1, -0.05) is 42.0 Å². The molecule has 2 heterocycles. The molecule has 0 aliphatic heterocycles. The molecule has 0 aliphatic rings. The first-order valence-corrected chi connectivity index (χ1v) is 12.3. The SMILES string of the molecule is CCS(=O)(=O)c1cccc(C(=O)Nc2cc(C)nn2-c2nc3c(C)ccc(Cl)c3s2)c1. The van der Waals surface area contributed by atoms with Crippen molar-refractivity contribution in [2.45, 2.75) is 25.7 Å². The number of nitrogens with zero attached hydrogens (tertiary/aromatic N) is 3. The Morgan fingerprint density at radius 1 is 1.19 bits per heavy atom. The zero-order valence-electron chi connectivity index (χ0n) is 17.0. The van der Waals surface area contributed by atoms with Gasteiger partial charge in [-0.15, -0.1) is 0 Å². The van der Waals surface area contributed by atoms with Gasteiger partial charge in [0.15, 0.2) is 9.84 Å². The number of hydrogen-bond donors (Lipinski definition) is 1. The first-order valence-electron chi connectivity index (χ1n) is 9.46. The number of aryl methyl sites for hydroxylation is 2. The molecule has 0 unspecified atom stereocenters. The molecule has 1 N–H and O–H groups in total. The van der Waals surface area contributed by atoms with Gasteiger partial charge in [-0.2, -0.15) is 9.78 Å². The minimum Gasteiger partial charge on any atom is -0.306 e. The molecule has 0 spiro atoms. The third-order valence-corrected chi connectivity index (χ3v) is 8.00. The molecule has 0 atom stereocenters. The predicted molar refractivity (Wildman–Crippen MR) is 123 cm³/mol. The third-order valence-electron chi connectivity index (χ3n) is 4.78.